The van der Waals surface area contributed by atoms with Crippen molar-refractivity contribution in [3.05, 3.63) is 29.3 Å². The molecule has 0 aromatic heterocycles. The minimum absolute atomic E-state index is 0.0118. The molecule has 0 heterocycles. The van der Waals surface area contributed by atoms with Gasteiger partial charge in [0, 0.05) is 11.6 Å². The van der Waals surface area contributed by atoms with Gasteiger partial charge >= 0.3 is 0 Å². The van der Waals surface area contributed by atoms with Gasteiger partial charge in [-0.1, -0.05) is 5.16 Å². The Bertz CT molecular complexity index is 509. The van der Waals surface area contributed by atoms with Crippen molar-refractivity contribution in [3.8, 4) is 5.75 Å². The fourth-order valence-corrected chi connectivity index (χ4v) is 2.15. The smallest absolute Gasteiger partial charge is 0.258 e. The van der Waals surface area contributed by atoms with Gasteiger partial charge < -0.3 is 15.3 Å². The number of aryl methyl sites for hydroxylation is 1. The molecule has 2 rings (SSSR count). The Hall–Kier alpha value is -2.04. The molecule has 0 bridgehead atoms. The number of nitrogens with zero attached hydrogens (tertiary/aromatic N) is 1. The van der Waals surface area contributed by atoms with Crippen molar-refractivity contribution >= 4 is 11.6 Å². The van der Waals surface area contributed by atoms with Crippen LogP contribution < -0.4 is 10.1 Å². The van der Waals surface area contributed by atoms with E-state index in [0.29, 0.717) is 11.5 Å². The largest absolute Gasteiger partial charge is 0.484 e. The van der Waals surface area contributed by atoms with E-state index in [2.05, 4.69) is 10.5 Å². The van der Waals surface area contributed by atoms with Crippen LogP contribution >= 0.6 is 0 Å². The third kappa shape index (κ3) is 3.24. The molecule has 0 aliphatic heterocycles. The van der Waals surface area contributed by atoms with Gasteiger partial charge in [-0.05, 0) is 50.5 Å². The van der Waals surface area contributed by atoms with Gasteiger partial charge in [0.15, 0.2) is 6.61 Å². The first-order valence-corrected chi connectivity index (χ1v) is 6.36. The quantitative estimate of drug-likeness (QED) is 0.641. The Balaban J connectivity index is 1.98. The van der Waals surface area contributed by atoms with E-state index >= 15 is 0 Å². The van der Waals surface area contributed by atoms with E-state index in [4.69, 9.17) is 9.94 Å². The molecular weight excluding hydrogens is 244 g/mol. The number of nitrogens with one attached hydrogen (secondary N) is 1. The Morgan fingerprint density at radius 2 is 2.26 bits per heavy atom. The third-order valence-corrected chi connectivity index (χ3v) is 2.96. The van der Waals surface area contributed by atoms with Crippen LogP contribution in [-0.4, -0.2) is 29.5 Å². The molecule has 102 valence electrons. The summed E-state index contributed by atoms with van der Waals surface area (Å²) >= 11 is 0. The Labute approximate surface area is 112 Å². The summed E-state index contributed by atoms with van der Waals surface area (Å²) in [5.41, 5.74) is 2.76. The van der Waals surface area contributed by atoms with E-state index in [9.17, 15) is 4.79 Å². The predicted octanol–water partition coefficient (Wildman–Crippen LogP) is 1.71. The summed E-state index contributed by atoms with van der Waals surface area (Å²) in [6.45, 7) is 3.82. The molecule has 5 heteroatoms. The number of rotatable bonds is 4. The molecule has 5 nitrogen and oxygen atoms in total. The van der Waals surface area contributed by atoms with Crippen molar-refractivity contribution in [2.45, 2.75) is 32.7 Å². The average Bonchev–Trinajstić information content (AvgIpc) is 2.77. The van der Waals surface area contributed by atoms with Gasteiger partial charge in [-0.3, -0.25) is 4.79 Å². The summed E-state index contributed by atoms with van der Waals surface area (Å²) in [6, 6.07) is 5.67. The minimum Gasteiger partial charge on any atom is -0.484 e. The summed E-state index contributed by atoms with van der Waals surface area (Å²) in [6.07, 6.45) is 1.58. The van der Waals surface area contributed by atoms with Crippen molar-refractivity contribution in [1.82, 2.24) is 5.32 Å². The van der Waals surface area contributed by atoms with Gasteiger partial charge in [-0.15, -0.1) is 0 Å². The van der Waals surface area contributed by atoms with Crippen molar-refractivity contribution in [3.63, 3.8) is 0 Å². The van der Waals surface area contributed by atoms with Gasteiger partial charge in [0.25, 0.3) is 5.91 Å². The maximum Gasteiger partial charge on any atom is 0.258 e. The van der Waals surface area contributed by atoms with Gasteiger partial charge in [-0.2, -0.15) is 0 Å². The number of ether oxygens (including phenoxy) is 1. The lowest BCUT2D eigenvalue weighted by atomic mass is 10.1. The lowest BCUT2D eigenvalue weighted by molar-refractivity contribution is -0.123. The average molecular weight is 262 g/mol. The molecule has 2 N–H and O–H groups in total. The minimum atomic E-state index is -0.131. The van der Waals surface area contributed by atoms with E-state index in [0.717, 1.165) is 24.0 Å². The molecule has 0 spiro atoms. The van der Waals surface area contributed by atoms with Crippen LogP contribution in [0.4, 0.5) is 0 Å². The molecule has 0 saturated carbocycles. The monoisotopic (exact) mass is 262 g/mol. The SMILES string of the molecule is CC(C)NC(=O)COc1ccc2c(c1)CC/C2=N\O. The fraction of sp³-hybridized carbons (Fsp3) is 0.429. The van der Waals surface area contributed by atoms with E-state index in [1.165, 1.54) is 0 Å². The number of carbonyl (C=O) groups is 1. The van der Waals surface area contributed by atoms with Crippen LogP contribution in [0.5, 0.6) is 5.75 Å². The zero-order chi connectivity index (χ0) is 13.8. The summed E-state index contributed by atoms with van der Waals surface area (Å²) in [5, 5.41) is 14.9. The van der Waals surface area contributed by atoms with Gasteiger partial charge in [0.1, 0.15) is 5.75 Å². The fourth-order valence-electron chi connectivity index (χ4n) is 2.15. The highest BCUT2D eigenvalue weighted by atomic mass is 16.5. The molecule has 1 amide bonds. The summed E-state index contributed by atoms with van der Waals surface area (Å²) in [5.74, 6) is 0.532. The molecule has 0 saturated heterocycles. The molecule has 1 aliphatic carbocycles. The van der Waals surface area contributed by atoms with Crippen molar-refractivity contribution in [2.24, 2.45) is 5.16 Å². The highest BCUT2D eigenvalue weighted by molar-refractivity contribution is 6.04. The van der Waals surface area contributed by atoms with Crippen molar-refractivity contribution in [1.29, 1.82) is 0 Å². The van der Waals surface area contributed by atoms with Gasteiger partial charge in [-0.25, -0.2) is 0 Å². The van der Waals surface area contributed by atoms with E-state index in [1.807, 2.05) is 26.0 Å². The number of hydrogen-bond acceptors (Lipinski definition) is 4. The van der Waals surface area contributed by atoms with Crippen LogP contribution in [0.25, 0.3) is 0 Å². The highest BCUT2D eigenvalue weighted by Gasteiger charge is 2.18. The molecule has 1 aromatic rings. The first kappa shape index (κ1) is 13.4. The van der Waals surface area contributed by atoms with Gasteiger partial charge in [0.2, 0.25) is 0 Å². The molecule has 0 atom stereocenters. The van der Waals surface area contributed by atoms with E-state index in [1.54, 1.807) is 6.07 Å². The standard InChI is InChI=1S/C14H18N2O3/c1-9(2)15-14(17)8-19-11-4-5-12-10(7-11)3-6-13(12)16-18/h4-5,7,9,18H,3,6,8H2,1-2H3,(H,15,17)/b16-13+. The lowest BCUT2D eigenvalue weighted by Gasteiger charge is -2.10. The Morgan fingerprint density at radius 1 is 1.47 bits per heavy atom. The van der Waals surface area contributed by atoms with Crippen LogP contribution in [0.3, 0.4) is 0 Å². The number of benzene rings is 1. The van der Waals surface area contributed by atoms with E-state index < -0.39 is 0 Å². The Morgan fingerprint density at radius 3 is 2.95 bits per heavy atom. The second kappa shape index (κ2) is 5.73. The molecule has 1 aromatic carbocycles. The topological polar surface area (TPSA) is 70.9 Å². The molecule has 0 radical (unpaired) electrons. The van der Waals surface area contributed by atoms with Crippen molar-refractivity contribution in [2.75, 3.05) is 6.61 Å². The first-order valence-electron chi connectivity index (χ1n) is 6.36. The van der Waals surface area contributed by atoms with Crippen LogP contribution in [0.2, 0.25) is 0 Å². The zero-order valence-electron chi connectivity index (χ0n) is 11.1. The Kier molecular flexibility index (Phi) is 4.04. The van der Waals surface area contributed by atoms with Crippen LogP contribution in [0.1, 0.15) is 31.4 Å². The number of hydrogen-bond donors (Lipinski definition) is 2. The molecule has 0 fully saturated rings. The second-order valence-electron chi connectivity index (χ2n) is 4.88. The van der Waals surface area contributed by atoms with E-state index in [-0.39, 0.29) is 18.6 Å². The zero-order valence-corrected chi connectivity index (χ0v) is 11.1. The van der Waals surface area contributed by atoms with Crippen LogP contribution in [-0.2, 0) is 11.2 Å². The van der Waals surface area contributed by atoms with Gasteiger partial charge in [0.05, 0.1) is 5.71 Å². The van der Waals surface area contributed by atoms with Crippen LogP contribution in [0, 0.1) is 0 Å². The maximum atomic E-state index is 11.5. The molecule has 0 unspecified atom stereocenters. The summed E-state index contributed by atoms with van der Waals surface area (Å²) in [7, 11) is 0. The number of fused-ring (bicyclic) bond motifs is 1. The predicted molar refractivity (Wildman–Crippen MR) is 71.9 cm³/mol. The molecule has 1 aliphatic rings. The second-order valence-corrected chi connectivity index (χ2v) is 4.88. The summed E-state index contributed by atoms with van der Waals surface area (Å²) < 4.78 is 5.45. The lowest BCUT2D eigenvalue weighted by Crippen LogP contribution is -2.34. The maximum absolute atomic E-state index is 11.5. The highest BCUT2D eigenvalue weighted by Crippen LogP contribution is 2.26. The van der Waals surface area contributed by atoms with Crippen molar-refractivity contribution < 1.29 is 14.7 Å². The number of carbonyl (C=O) groups excluding carboxylic acids is 1. The summed E-state index contributed by atoms with van der Waals surface area (Å²) in [4.78, 5) is 11.5. The number of oxime groups is 1. The number of amides is 1. The molecule has 19 heavy (non-hydrogen) atoms. The molecular formula is C14H18N2O3. The normalized spacial score (nSPS) is 15.6. The van der Waals surface area contributed by atoms with Crippen LogP contribution in [0.15, 0.2) is 23.4 Å². The third-order valence-electron chi connectivity index (χ3n) is 2.96. The first-order chi connectivity index (χ1) is 9.10.